The summed E-state index contributed by atoms with van der Waals surface area (Å²) < 4.78 is 9.49. The van der Waals surface area contributed by atoms with Crippen LogP contribution in [0, 0.1) is 6.92 Å². The summed E-state index contributed by atoms with van der Waals surface area (Å²) in [6.07, 6.45) is 3.33. The number of thioether (sulfide) groups is 1. The zero-order valence-corrected chi connectivity index (χ0v) is 16.5. The van der Waals surface area contributed by atoms with Crippen LogP contribution in [0.25, 0.3) is 11.4 Å². The van der Waals surface area contributed by atoms with Crippen molar-refractivity contribution >= 4 is 23.4 Å². The molecule has 0 atom stereocenters. The van der Waals surface area contributed by atoms with Crippen LogP contribution in [0.2, 0.25) is 5.15 Å². The first-order valence-corrected chi connectivity index (χ1v) is 9.80. The Balaban J connectivity index is 1.68. The predicted octanol–water partition coefficient (Wildman–Crippen LogP) is 4.57. The minimum atomic E-state index is 0.563. The number of rotatable bonds is 6. The second-order valence-corrected chi connectivity index (χ2v) is 7.46. The molecule has 0 radical (unpaired) electrons. The molecule has 27 heavy (non-hydrogen) atoms. The number of hydrogen-bond donors (Lipinski definition) is 0. The average Bonchev–Trinajstić information content (AvgIpc) is 3.38. The lowest BCUT2D eigenvalue weighted by atomic mass is 10.1. The SMILES string of the molecule is Cc1ccccc1-c1nnc(SCc2ncc(Cl)n2C)n1Cc1ccco1. The molecule has 3 aromatic heterocycles. The lowest BCUT2D eigenvalue weighted by Crippen LogP contribution is -2.05. The molecule has 6 nitrogen and oxygen atoms in total. The minimum absolute atomic E-state index is 0.563. The van der Waals surface area contributed by atoms with Gasteiger partial charge in [-0.05, 0) is 24.6 Å². The van der Waals surface area contributed by atoms with Crippen molar-refractivity contribution < 1.29 is 4.42 Å². The van der Waals surface area contributed by atoms with E-state index in [9.17, 15) is 0 Å². The van der Waals surface area contributed by atoms with Crippen LogP contribution in [-0.2, 0) is 19.3 Å². The summed E-state index contributed by atoms with van der Waals surface area (Å²) in [7, 11) is 1.90. The van der Waals surface area contributed by atoms with Gasteiger partial charge in [0.2, 0.25) is 0 Å². The fourth-order valence-electron chi connectivity index (χ4n) is 2.81. The fourth-order valence-corrected chi connectivity index (χ4v) is 3.89. The lowest BCUT2D eigenvalue weighted by molar-refractivity contribution is 0.485. The van der Waals surface area contributed by atoms with Gasteiger partial charge in [-0.15, -0.1) is 10.2 Å². The maximum atomic E-state index is 6.08. The third-order valence-electron chi connectivity index (χ3n) is 4.35. The molecule has 0 saturated heterocycles. The van der Waals surface area contributed by atoms with Crippen LogP contribution in [0.3, 0.4) is 0 Å². The molecule has 0 aliphatic heterocycles. The molecule has 0 aliphatic carbocycles. The smallest absolute Gasteiger partial charge is 0.192 e. The Labute approximate surface area is 166 Å². The van der Waals surface area contributed by atoms with Crippen LogP contribution in [0.4, 0.5) is 0 Å². The Morgan fingerprint density at radius 1 is 1.15 bits per heavy atom. The largest absolute Gasteiger partial charge is 0.467 e. The molecule has 3 heterocycles. The van der Waals surface area contributed by atoms with E-state index in [1.807, 2.05) is 35.9 Å². The number of benzene rings is 1. The Hall–Kier alpha value is -2.51. The van der Waals surface area contributed by atoms with E-state index in [0.717, 1.165) is 33.7 Å². The second-order valence-electron chi connectivity index (χ2n) is 6.13. The summed E-state index contributed by atoms with van der Waals surface area (Å²) in [5, 5.41) is 10.3. The van der Waals surface area contributed by atoms with Gasteiger partial charge in [-0.3, -0.25) is 4.57 Å². The van der Waals surface area contributed by atoms with Gasteiger partial charge in [0.1, 0.15) is 16.7 Å². The van der Waals surface area contributed by atoms with Crippen molar-refractivity contribution in [3.05, 3.63) is 71.2 Å². The molecule has 0 N–H and O–H groups in total. The van der Waals surface area contributed by atoms with Crippen molar-refractivity contribution in [3.63, 3.8) is 0 Å². The molecule has 0 unspecified atom stereocenters. The number of aromatic nitrogens is 5. The molecule has 0 saturated carbocycles. The quantitative estimate of drug-likeness (QED) is 0.444. The summed E-state index contributed by atoms with van der Waals surface area (Å²) >= 11 is 7.66. The number of hydrogen-bond acceptors (Lipinski definition) is 5. The molecular weight excluding hydrogens is 382 g/mol. The highest BCUT2D eigenvalue weighted by Gasteiger charge is 2.18. The monoisotopic (exact) mass is 399 g/mol. The van der Waals surface area contributed by atoms with Gasteiger partial charge < -0.3 is 8.98 Å². The maximum Gasteiger partial charge on any atom is 0.192 e. The minimum Gasteiger partial charge on any atom is -0.467 e. The van der Waals surface area contributed by atoms with E-state index >= 15 is 0 Å². The van der Waals surface area contributed by atoms with Gasteiger partial charge in [-0.2, -0.15) is 0 Å². The molecular formula is C19H18ClN5OS. The third kappa shape index (κ3) is 3.65. The van der Waals surface area contributed by atoms with Crippen LogP contribution in [-0.4, -0.2) is 24.3 Å². The summed E-state index contributed by atoms with van der Waals surface area (Å²) in [6, 6.07) is 12.0. The van der Waals surface area contributed by atoms with Gasteiger partial charge in [0.05, 0.1) is 24.8 Å². The van der Waals surface area contributed by atoms with Gasteiger partial charge in [0, 0.05) is 12.6 Å². The number of halogens is 1. The van der Waals surface area contributed by atoms with Crippen molar-refractivity contribution in [3.8, 4) is 11.4 Å². The molecule has 0 aliphatic rings. The fraction of sp³-hybridized carbons (Fsp3) is 0.211. The molecule has 0 bridgehead atoms. The van der Waals surface area contributed by atoms with E-state index in [1.54, 1.807) is 24.2 Å². The zero-order valence-electron chi connectivity index (χ0n) is 15.0. The lowest BCUT2D eigenvalue weighted by Gasteiger charge is -2.10. The van der Waals surface area contributed by atoms with Crippen molar-refractivity contribution in [1.29, 1.82) is 0 Å². The highest BCUT2D eigenvalue weighted by Crippen LogP contribution is 2.29. The summed E-state index contributed by atoms with van der Waals surface area (Å²) in [6.45, 7) is 2.64. The first kappa shape index (κ1) is 17.9. The average molecular weight is 400 g/mol. The number of nitrogens with zero attached hydrogens (tertiary/aromatic N) is 5. The third-order valence-corrected chi connectivity index (χ3v) is 5.67. The van der Waals surface area contributed by atoms with Crippen LogP contribution in [0.1, 0.15) is 17.1 Å². The Morgan fingerprint density at radius 2 is 2.00 bits per heavy atom. The van der Waals surface area contributed by atoms with Crippen molar-refractivity contribution in [2.75, 3.05) is 0 Å². The highest BCUT2D eigenvalue weighted by atomic mass is 35.5. The van der Waals surface area contributed by atoms with E-state index in [-0.39, 0.29) is 0 Å². The summed E-state index contributed by atoms with van der Waals surface area (Å²) in [5.41, 5.74) is 2.21. The van der Waals surface area contributed by atoms with Gasteiger partial charge in [0.25, 0.3) is 0 Å². The predicted molar refractivity (Wildman–Crippen MR) is 106 cm³/mol. The Morgan fingerprint density at radius 3 is 2.70 bits per heavy atom. The maximum absolute atomic E-state index is 6.08. The van der Waals surface area contributed by atoms with Crippen LogP contribution >= 0.6 is 23.4 Å². The molecule has 1 aromatic carbocycles. The van der Waals surface area contributed by atoms with Gasteiger partial charge in [-0.1, -0.05) is 47.6 Å². The van der Waals surface area contributed by atoms with E-state index in [2.05, 4.69) is 38.8 Å². The molecule has 4 aromatic rings. The molecule has 0 amide bonds. The van der Waals surface area contributed by atoms with E-state index in [0.29, 0.717) is 17.5 Å². The standard InChI is InChI=1S/C19H18ClN5OS/c1-13-6-3-4-8-15(13)18-22-23-19(25(18)11-14-7-5-9-26-14)27-12-17-21-10-16(20)24(17)2/h3-10H,11-12H2,1-2H3. The van der Waals surface area contributed by atoms with E-state index < -0.39 is 0 Å². The van der Waals surface area contributed by atoms with Crippen molar-refractivity contribution in [2.24, 2.45) is 7.05 Å². The molecule has 4 rings (SSSR count). The number of furan rings is 1. The van der Waals surface area contributed by atoms with Gasteiger partial charge in [-0.25, -0.2) is 4.98 Å². The molecule has 138 valence electrons. The summed E-state index contributed by atoms with van der Waals surface area (Å²) in [5.74, 6) is 3.21. The summed E-state index contributed by atoms with van der Waals surface area (Å²) in [4.78, 5) is 4.35. The number of imidazole rings is 1. The number of aryl methyl sites for hydroxylation is 1. The van der Waals surface area contributed by atoms with Crippen LogP contribution in [0.5, 0.6) is 0 Å². The molecule has 8 heteroatoms. The second kappa shape index (κ2) is 7.62. The normalized spacial score (nSPS) is 11.2. The first-order chi connectivity index (χ1) is 13.1. The topological polar surface area (TPSA) is 61.7 Å². The van der Waals surface area contributed by atoms with E-state index in [1.165, 1.54) is 0 Å². The van der Waals surface area contributed by atoms with E-state index in [4.69, 9.17) is 16.0 Å². The molecule has 0 spiro atoms. The van der Waals surface area contributed by atoms with Crippen LogP contribution < -0.4 is 0 Å². The van der Waals surface area contributed by atoms with Gasteiger partial charge in [0.15, 0.2) is 11.0 Å². The van der Waals surface area contributed by atoms with Crippen molar-refractivity contribution in [1.82, 2.24) is 24.3 Å². The van der Waals surface area contributed by atoms with Crippen LogP contribution in [0.15, 0.2) is 58.4 Å². The van der Waals surface area contributed by atoms with Gasteiger partial charge >= 0.3 is 0 Å². The van der Waals surface area contributed by atoms with Crippen molar-refractivity contribution in [2.45, 2.75) is 24.4 Å². The zero-order chi connectivity index (χ0) is 18.8. The highest BCUT2D eigenvalue weighted by molar-refractivity contribution is 7.98. The first-order valence-electron chi connectivity index (χ1n) is 8.44. The Bertz CT molecular complexity index is 1050. The Kier molecular flexibility index (Phi) is 5.05. The molecule has 0 fully saturated rings.